The molecule has 0 radical (unpaired) electrons. The molecule has 7 heteroatoms. The Bertz CT molecular complexity index is 366. The topological polar surface area (TPSA) is 65.5 Å². The van der Waals surface area contributed by atoms with Crippen LogP contribution in [0.1, 0.15) is 13.3 Å². The highest BCUT2D eigenvalue weighted by Gasteiger charge is 2.06. The molecule has 0 saturated carbocycles. The minimum absolute atomic E-state index is 0.366. The van der Waals surface area contributed by atoms with Gasteiger partial charge in [-0.2, -0.15) is 4.98 Å². The largest absolute Gasteiger partial charge is 0.474 e. The van der Waals surface area contributed by atoms with Crippen LogP contribution < -0.4 is 10.1 Å². The first-order chi connectivity index (χ1) is 9.27. The first-order valence-corrected chi connectivity index (χ1v) is 6.61. The number of rotatable bonds is 10. The van der Waals surface area contributed by atoms with E-state index in [4.69, 9.17) is 25.8 Å². The maximum absolute atomic E-state index is 5.95. The summed E-state index contributed by atoms with van der Waals surface area (Å²) in [6.45, 7) is 4.83. The van der Waals surface area contributed by atoms with Crippen LogP contribution in [0.2, 0.25) is 5.02 Å². The summed E-state index contributed by atoms with van der Waals surface area (Å²) in [5.74, 6) is 0.882. The second-order valence-corrected chi connectivity index (χ2v) is 4.13. The lowest BCUT2D eigenvalue weighted by Gasteiger charge is -2.09. The van der Waals surface area contributed by atoms with Crippen LogP contribution in [-0.2, 0) is 9.47 Å². The Labute approximate surface area is 118 Å². The highest BCUT2D eigenvalue weighted by molar-refractivity contribution is 6.31. The van der Waals surface area contributed by atoms with E-state index in [0.29, 0.717) is 43.3 Å². The number of nitrogens with one attached hydrogen (secondary N) is 1. The fourth-order valence-corrected chi connectivity index (χ4v) is 1.36. The van der Waals surface area contributed by atoms with E-state index in [1.807, 2.05) is 0 Å². The summed E-state index contributed by atoms with van der Waals surface area (Å²) < 4.78 is 15.6. The van der Waals surface area contributed by atoms with Gasteiger partial charge in [-0.3, -0.25) is 0 Å². The average Bonchev–Trinajstić information content (AvgIpc) is 2.43. The monoisotopic (exact) mass is 289 g/mol. The molecule has 1 rings (SSSR count). The lowest BCUT2D eigenvalue weighted by molar-refractivity contribution is 0.0537. The molecule has 1 N–H and O–H groups in total. The molecule has 6 nitrogen and oxygen atoms in total. The molecule has 0 spiro atoms. The average molecular weight is 290 g/mol. The SMILES string of the molecule is CCCNc1ncc(Cl)c(OCCOCCOC)n1. The summed E-state index contributed by atoms with van der Waals surface area (Å²) in [4.78, 5) is 8.25. The molecule has 1 heterocycles. The molecule has 0 saturated heterocycles. The first-order valence-electron chi connectivity index (χ1n) is 6.23. The second kappa shape index (κ2) is 9.77. The van der Waals surface area contributed by atoms with Crippen LogP contribution in [0, 0.1) is 0 Å². The van der Waals surface area contributed by atoms with Gasteiger partial charge in [-0.1, -0.05) is 18.5 Å². The van der Waals surface area contributed by atoms with E-state index in [9.17, 15) is 0 Å². The van der Waals surface area contributed by atoms with Crippen molar-refractivity contribution < 1.29 is 14.2 Å². The number of nitrogens with zero attached hydrogens (tertiary/aromatic N) is 2. The normalized spacial score (nSPS) is 10.5. The predicted molar refractivity (Wildman–Crippen MR) is 74.0 cm³/mol. The van der Waals surface area contributed by atoms with Crippen molar-refractivity contribution in [1.29, 1.82) is 0 Å². The van der Waals surface area contributed by atoms with Gasteiger partial charge >= 0.3 is 0 Å². The van der Waals surface area contributed by atoms with Crippen LogP contribution in [-0.4, -0.2) is 50.1 Å². The smallest absolute Gasteiger partial charge is 0.237 e. The van der Waals surface area contributed by atoms with E-state index in [0.717, 1.165) is 13.0 Å². The molecular formula is C12H20ClN3O3. The highest BCUT2D eigenvalue weighted by Crippen LogP contribution is 2.21. The molecule has 0 unspecified atom stereocenters. The van der Waals surface area contributed by atoms with E-state index in [1.165, 1.54) is 6.20 Å². The molecule has 0 aliphatic rings. The van der Waals surface area contributed by atoms with Crippen LogP contribution >= 0.6 is 11.6 Å². The zero-order valence-electron chi connectivity index (χ0n) is 11.3. The Kier molecular flexibility index (Phi) is 8.20. The van der Waals surface area contributed by atoms with E-state index in [2.05, 4.69) is 22.2 Å². The van der Waals surface area contributed by atoms with Crippen molar-refractivity contribution in [3.8, 4) is 5.88 Å². The molecule has 0 amide bonds. The number of methoxy groups -OCH3 is 1. The van der Waals surface area contributed by atoms with Gasteiger partial charge < -0.3 is 19.5 Å². The van der Waals surface area contributed by atoms with Gasteiger partial charge in [-0.25, -0.2) is 4.98 Å². The van der Waals surface area contributed by atoms with Crippen LogP contribution in [0.15, 0.2) is 6.20 Å². The predicted octanol–water partition coefficient (Wildman–Crippen LogP) is 1.99. The standard InChI is InChI=1S/C12H20ClN3O3/c1-3-4-14-12-15-9-10(13)11(16-12)19-8-7-18-6-5-17-2/h9H,3-8H2,1-2H3,(H,14,15,16). The quantitative estimate of drug-likeness (QED) is 0.665. The number of halogens is 1. The fourth-order valence-electron chi connectivity index (χ4n) is 1.22. The summed E-state index contributed by atoms with van der Waals surface area (Å²) in [6.07, 6.45) is 2.52. The van der Waals surface area contributed by atoms with Crippen molar-refractivity contribution in [3.63, 3.8) is 0 Å². The summed E-state index contributed by atoms with van der Waals surface area (Å²) in [6, 6.07) is 0. The molecule has 0 aromatic carbocycles. The van der Waals surface area contributed by atoms with E-state index in [1.54, 1.807) is 7.11 Å². The van der Waals surface area contributed by atoms with Crippen molar-refractivity contribution in [2.24, 2.45) is 0 Å². The van der Waals surface area contributed by atoms with Crippen LogP contribution in [0.3, 0.4) is 0 Å². The zero-order valence-corrected chi connectivity index (χ0v) is 12.1. The highest BCUT2D eigenvalue weighted by atomic mass is 35.5. The second-order valence-electron chi connectivity index (χ2n) is 3.73. The van der Waals surface area contributed by atoms with E-state index in [-0.39, 0.29) is 0 Å². The fraction of sp³-hybridized carbons (Fsp3) is 0.667. The van der Waals surface area contributed by atoms with Gasteiger partial charge in [0, 0.05) is 13.7 Å². The summed E-state index contributed by atoms with van der Waals surface area (Å²) in [5, 5.41) is 3.46. The number of anilines is 1. The number of hydrogen-bond acceptors (Lipinski definition) is 6. The van der Waals surface area contributed by atoms with Gasteiger partial charge in [0.1, 0.15) is 11.6 Å². The minimum Gasteiger partial charge on any atom is -0.474 e. The van der Waals surface area contributed by atoms with Crippen LogP contribution in [0.25, 0.3) is 0 Å². The molecule has 1 aromatic heterocycles. The lowest BCUT2D eigenvalue weighted by atomic mass is 10.5. The molecular weight excluding hydrogens is 270 g/mol. The van der Waals surface area contributed by atoms with Gasteiger partial charge in [-0.05, 0) is 6.42 Å². The molecule has 0 aliphatic carbocycles. The minimum atomic E-state index is 0.366. The number of hydrogen-bond donors (Lipinski definition) is 1. The zero-order chi connectivity index (χ0) is 13.9. The molecule has 19 heavy (non-hydrogen) atoms. The molecule has 1 aromatic rings. The van der Waals surface area contributed by atoms with Gasteiger partial charge in [0.2, 0.25) is 11.8 Å². The van der Waals surface area contributed by atoms with Crippen LogP contribution in [0.5, 0.6) is 5.88 Å². The van der Waals surface area contributed by atoms with Crippen molar-refractivity contribution in [1.82, 2.24) is 9.97 Å². The van der Waals surface area contributed by atoms with Gasteiger partial charge in [0.15, 0.2) is 0 Å². The van der Waals surface area contributed by atoms with Gasteiger partial charge in [0.05, 0.1) is 26.0 Å². The molecule has 0 fully saturated rings. The van der Waals surface area contributed by atoms with Crippen LogP contribution in [0.4, 0.5) is 5.95 Å². The van der Waals surface area contributed by atoms with Gasteiger partial charge in [0.25, 0.3) is 0 Å². The Morgan fingerprint density at radius 2 is 2.05 bits per heavy atom. The Morgan fingerprint density at radius 3 is 2.79 bits per heavy atom. The molecule has 0 atom stereocenters. The summed E-state index contributed by atoms with van der Waals surface area (Å²) in [5.41, 5.74) is 0. The Morgan fingerprint density at radius 1 is 1.26 bits per heavy atom. The maximum Gasteiger partial charge on any atom is 0.237 e. The Hall–Kier alpha value is -1.11. The van der Waals surface area contributed by atoms with Crippen molar-refractivity contribution in [3.05, 3.63) is 11.2 Å². The number of aromatic nitrogens is 2. The molecule has 0 aliphatic heterocycles. The summed E-state index contributed by atoms with van der Waals surface area (Å²) >= 11 is 5.95. The van der Waals surface area contributed by atoms with E-state index >= 15 is 0 Å². The first kappa shape index (κ1) is 15.9. The van der Waals surface area contributed by atoms with Crippen molar-refractivity contribution in [2.45, 2.75) is 13.3 Å². The third-order valence-electron chi connectivity index (χ3n) is 2.14. The number of ether oxygens (including phenoxy) is 3. The lowest BCUT2D eigenvalue weighted by Crippen LogP contribution is -2.12. The van der Waals surface area contributed by atoms with E-state index < -0.39 is 0 Å². The summed E-state index contributed by atoms with van der Waals surface area (Å²) in [7, 11) is 1.63. The molecule has 108 valence electrons. The van der Waals surface area contributed by atoms with Crippen molar-refractivity contribution in [2.75, 3.05) is 45.4 Å². The van der Waals surface area contributed by atoms with Gasteiger partial charge in [-0.15, -0.1) is 0 Å². The maximum atomic E-state index is 5.95. The third-order valence-corrected chi connectivity index (χ3v) is 2.40. The molecule has 0 bridgehead atoms. The third kappa shape index (κ3) is 6.56. The Balaban J connectivity index is 2.34. The van der Waals surface area contributed by atoms with Crippen molar-refractivity contribution >= 4 is 17.5 Å².